The topological polar surface area (TPSA) is 77.0 Å². The van der Waals surface area contributed by atoms with Crippen molar-refractivity contribution in [3.05, 3.63) is 40.8 Å². The van der Waals surface area contributed by atoms with E-state index in [1.165, 1.54) is 6.07 Å². The number of carbonyl (C=O) groups is 1. The predicted molar refractivity (Wildman–Crippen MR) is 84.5 cm³/mol. The van der Waals surface area contributed by atoms with Crippen molar-refractivity contribution in [3.63, 3.8) is 0 Å². The van der Waals surface area contributed by atoms with Crippen LogP contribution < -0.4 is 5.32 Å². The molecule has 0 bridgehead atoms. The Hall–Kier alpha value is -2.21. The number of hydrogen-bond acceptors (Lipinski definition) is 6. The molecular weight excluding hydrogens is 304 g/mol. The summed E-state index contributed by atoms with van der Waals surface area (Å²) in [6.45, 7) is 4.07. The monoisotopic (exact) mass is 320 g/mol. The Morgan fingerprint density at radius 3 is 2.86 bits per heavy atom. The van der Waals surface area contributed by atoms with Gasteiger partial charge in [-0.1, -0.05) is 31.0 Å². The van der Waals surface area contributed by atoms with Gasteiger partial charge in [0, 0.05) is 11.8 Å². The van der Waals surface area contributed by atoms with Crippen LogP contribution in [0.2, 0.25) is 5.15 Å². The summed E-state index contributed by atoms with van der Waals surface area (Å²) in [5.74, 6) is 0.0550. The molecule has 2 aromatic heterocycles. The Kier molecular flexibility index (Phi) is 5.66. The van der Waals surface area contributed by atoms with Crippen molar-refractivity contribution in [2.75, 3.05) is 11.9 Å². The molecule has 6 nitrogen and oxygen atoms in total. The van der Waals surface area contributed by atoms with Gasteiger partial charge in [0.25, 0.3) is 0 Å². The van der Waals surface area contributed by atoms with Crippen molar-refractivity contribution >= 4 is 29.1 Å². The molecule has 0 saturated carbocycles. The van der Waals surface area contributed by atoms with Crippen molar-refractivity contribution in [2.45, 2.75) is 26.7 Å². The molecule has 0 amide bonds. The number of esters is 1. The molecule has 1 N–H and O–H groups in total. The van der Waals surface area contributed by atoms with E-state index in [0.717, 1.165) is 18.5 Å². The minimum atomic E-state index is -0.557. The molecule has 2 rings (SSSR count). The molecule has 0 unspecified atom stereocenters. The number of halogens is 1. The number of anilines is 2. The third-order valence-electron chi connectivity index (χ3n) is 2.81. The van der Waals surface area contributed by atoms with E-state index >= 15 is 0 Å². The van der Waals surface area contributed by atoms with Crippen molar-refractivity contribution in [2.24, 2.45) is 0 Å². The lowest BCUT2D eigenvalue weighted by molar-refractivity contribution is 0.0519. The molecule has 0 fully saturated rings. The van der Waals surface area contributed by atoms with Gasteiger partial charge in [-0.15, -0.1) is 10.2 Å². The third kappa shape index (κ3) is 4.14. The first kappa shape index (κ1) is 16.2. The van der Waals surface area contributed by atoms with E-state index in [1.807, 2.05) is 18.2 Å². The van der Waals surface area contributed by atoms with Crippen LogP contribution in [0.25, 0.3) is 0 Å². The van der Waals surface area contributed by atoms with Gasteiger partial charge in [0.2, 0.25) is 0 Å². The van der Waals surface area contributed by atoms with E-state index < -0.39 is 5.97 Å². The Balaban J connectivity index is 2.30. The van der Waals surface area contributed by atoms with Crippen LogP contribution in [0.5, 0.6) is 0 Å². The van der Waals surface area contributed by atoms with E-state index in [2.05, 4.69) is 27.4 Å². The predicted octanol–water partition coefficient (Wildman–Crippen LogP) is 3.40. The van der Waals surface area contributed by atoms with E-state index in [-0.39, 0.29) is 17.5 Å². The van der Waals surface area contributed by atoms with Gasteiger partial charge in [0.15, 0.2) is 10.8 Å². The number of nitrogens with one attached hydrogen (secondary N) is 1. The van der Waals surface area contributed by atoms with Crippen molar-refractivity contribution < 1.29 is 9.53 Å². The zero-order valence-electron chi connectivity index (χ0n) is 12.5. The van der Waals surface area contributed by atoms with Gasteiger partial charge in [0.1, 0.15) is 5.82 Å². The quantitative estimate of drug-likeness (QED) is 0.822. The number of hydrogen-bond donors (Lipinski definition) is 1. The fourth-order valence-corrected chi connectivity index (χ4v) is 2.04. The summed E-state index contributed by atoms with van der Waals surface area (Å²) in [7, 11) is 0. The molecule has 0 spiro atoms. The molecule has 0 atom stereocenters. The Morgan fingerprint density at radius 2 is 2.14 bits per heavy atom. The first-order chi connectivity index (χ1) is 10.6. The average Bonchev–Trinajstić information content (AvgIpc) is 2.48. The first-order valence-corrected chi connectivity index (χ1v) is 7.45. The zero-order valence-corrected chi connectivity index (χ0v) is 13.2. The summed E-state index contributed by atoms with van der Waals surface area (Å²) < 4.78 is 4.96. The molecule has 116 valence electrons. The number of carbonyl (C=O) groups excluding carboxylic acids is 1. The summed E-state index contributed by atoms with van der Waals surface area (Å²) >= 11 is 5.86. The Morgan fingerprint density at radius 1 is 1.32 bits per heavy atom. The van der Waals surface area contributed by atoms with Crippen molar-refractivity contribution in [1.29, 1.82) is 0 Å². The highest BCUT2D eigenvalue weighted by Gasteiger charge is 2.16. The van der Waals surface area contributed by atoms with Crippen LogP contribution in [0, 0.1) is 0 Å². The van der Waals surface area contributed by atoms with Crippen molar-refractivity contribution in [1.82, 2.24) is 15.2 Å². The molecular formula is C15H17ClN4O2. The molecule has 0 saturated heterocycles. The van der Waals surface area contributed by atoms with Crippen LogP contribution in [-0.4, -0.2) is 27.8 Å². The summed E-state index contributed by atoms with van der Waals surface area (Å²) in [6.07, 6.45) is 1.89. The second kappa shape index (κ2) is 7.70. The van der Waals surface area contributed by atoms with E-state index in [9.17, 15) is 4.79 Å². The lowest BCUT2D eigenvalue weighted by Gasteiger charge is -2.10. The van der Waals surface area contributed by atoms with Gasteiger partial charge in [-0.25, -0.2) is 9.78 Å². The number of ether oxygens (including phenoxy) is 1. The molecule has 22 heavy (non-hydrogen) atoms. The van der Waals surface area contributed by atoms with Gasteiger partial charge in [-0.05, 0) is 25.5 Å². The molecule has 0 aliphatic heterocycles. The smallest absolute Gasteiger partial charge is 0.361 e. The lowest BCUT2D eigenvalue weighted by atomic mass is 10.2. The maximum atomic E-state index is 11.9. The SMILES string of the molecule is CCCc1cccc(Nc2cc(Cl)nnc2C(=O)OCC)n1. The number of aromatic nitrogens is 3. The average molecular weight is 321 g/mol. The summed E-state index contributed by atoms with van der Waals surface area (Å²) in [5, 5.41) is 10.7. The van der Waals surface area contributed by atoms with Crippen LogP contribution in [0.4, 0.5) is 11.5 Å². The fraction of sp³-hybridized carbons (Fsp3) is 0.333. The first-order valence-electron chi connectivity index (χ1n) is 7.07. The Labute approximate surface area is 133 Å². The van der Waals surface area contributed by atoms with Crippen LogP contribution in [0.3, 0.4) is 0 Å². The molecule has 0 aliphatic carbocycles. The maximum absolute atomic E-state index is 11.9. The third-order valence-corrected chi connectivity index (χ3v) is 2.99. The molecule has 0 aliphatic rings. The highest BCUT2D eigenvalue weighted by molar-refractivity contribution is 6.29. The fourth-order valence-electron chi connectivity index (χ4n) is 1.90. The van der Waals surface area contributed by atoms with Crippen LogP contribution in [-0.2, 0) is 11.2 Å². The number of aryl methyl sites for hydroxylation is 1. The van der Waals surface area contributed by atoms with E-state index in [0.29, 0.717) is 11.5 Å². The highest BCUT2D eigenvalue weighted by atomic mass is 35.5. The zero-order chi connectivity index (χ0) is 15.9. The molecule has 0 radical (unpaired) electrons. The summed E-state index contributed by atoms with van der Waals surface area (Å²) in [4.78, 5) is 16.4. The molecule has 7 heteroatoms. The van der Waals surface area contributed by atoms with Crippen molar-refractivity contribution in [3.8, 4) is 0 Å². The number of nitrogens with zero attached hydrogens (tertiary/aromatic N) is 3. The van der Waals surface area contributed by atoms with Crippen LogP contribution in [0.1, 0.15) is 36.5 Å². The van der Waals surface area contributed by atoms with Crippen LogP contribution in [0.15, 0.2) is 24.3 Å². The van der Waals surface area contributed by atoms with Crippen LogP contribution >= 0.6 is 11.6 Å². The second-order valence-electron chi connectivity index (χ2n) is 4.54. The van der Waals surface area contributed by atoms with E-state index in [4.69, 9.17) is 16.3 Å². The van der Waals surface area contributed by atoms with E-state index in [1.54, 1.807) is 6.92 Å². The number of pyridine rings is 1. The lowest BCUT2D eigenvalue weighted by Crippen LogP contribution is -2.12. The largest absolute Gasteiger partial charge is 0.461 e. The minimum Gasteiger partial charge on any atom is -0.461 e. The highest BCUT2D eigenvalue weighted by Crippen LogP contribution is 2.21. The molecule has 2 heterocycles. The normalized spacial score (nSPS) is 10.3. The Bertz CT molecular complexity index is 664. The summed E-state index contributed by atoms with van der Waals surface area (Å²) in [5.41, 5.74) is 1.46. The van der Waals surface area contributed by atoms with Gasteiger partial charge < -0.3 is 10.1 Å². The van der Waals surface area contributed by atoms with Gasteiger partial charge >= 0.3 is 5.97 Å². The molecule has 2 aromatic rings. The minimum absolute atomic E-state index is 0.0777. The van der Waals surface area contributed by atoms with Gasteiger partial charge in [-0.3, -0.25) is 0 Å². The second-order valence-corrected chi connectivity index (χ2v) is 4.93. The molecule has 0 aromatic carbocycles. The van der Waals surface area contributed by atoms with Gasteiger partial charge in [0.05, 0.1) is 12.3 Å². The van der Waals surface area contributed by atoms with Gasteiger partial charge in [-0.2, -0.15) is 0 Å². The number of rotatable bonds is 6. The standard InChI is InChI=1S/C15H17ClN4O2/c1-3-6-10-7-5-8-13(17-10)18-11-9-12(16)19-20-14(11)15(21)22-4-2/h5,7-9H,3-4,6H2,1-2H3,(H,17,18,19). The summed E-state index contributed by atoms with van der Waals surface area (Å²) in [6, 6.07) is 7.19. The maximum Gasteiger partial charge on any atom is 0.361 e.